The summed E-state index contributed by atoms with van der Waals surface area (Å²) in [6.07, 6.45) is 5.61. The summed E-state index contributed by atoms with van der Waals surface area (Å²) >= 11 is 0. The topological polar surface area (TPSA) is 66.0 Å². The van der Waals surface area contributed by atoms with Crippen molar-refractivity contribution in [1.29, 1.82) is 0 Å². The van der Waals surface area contributed by atoms with Gasteiger partial charge >= 0.3 is 5.97 Å². The molecule has 32 heavy (non-hydrogen) atoms. The first-order valence-corrected chi connectivity index (χ1v) is 11.1. The summed E-state index contributed by atoms with van der Waals surface area (Å²) in [5.74, 6) is 1.91. The lowest BCUT2D eigenvalue weighted by atomic mass is 10.00. The molecule has 1 heterocycles. The van der Waals surface area contributed by atoms with Gasteiger partial charge in [-0.05, 0) is 67.6 Å². The summed E-state index contributed by atoms with van der Waals surface area (Å²) in [7, 11) is 3.24. The fourth-order valence-electron chi connectivity index (χ4n) is 3.86. The second-order valence-corrected chi connectivity index (χ2v) is 7.83. The predicted octanol–water partition coefficient (Wildman–Crippen LogP) is 4.63. The Morgan fingerprint density at radius 1 is 1.16 bits per heavy atom. The van der Waals surface area contributed by atoms with Crippen molar-refractivity contribution in [3.8, 4) is 17.2 Å². The Bertz CT molecular complexity index is 892. The Hall–Kier alpha value is -2.99. The van der Waals surface area contributed by atoms with Gasteiger partial charge in [-0.25, -0.2) is 0 Å². The number of ether oxygens (including phenoxy) is 4. The van der Waals surface area contributed by atoms with Crippen molar-refractivity contribution in [3.05, 3.63) is 66.2 Å². The highest BCUT2D eigenvalue weighted by molar-refractivity contribution is 5.76. The van der Waals surface area contributed by atoms with E-state index in [1.807, 2.05) is 42.5 Å². The number of benzene rings is 2. The number of hydrogen-bond donors (Lipinski definition) is 1. The molecule has 1 N–H and O–H groups in total. The molecule has 0 amide bonds. The minimum Gasteiger partial charge on any atom is -0.493 e. The van der Waals surface area contributed by atoms with E-state index in [2.05, 4.69) is 11.9 Å². The quantitative estimate of drug-likeness (QED) is 0.407. The van der Waals surface area contributed by atoms with Crippen LogP contribution >= 0.6 is 0 Å². The van der Waals surface area contributed by atoms with Gasteiger partial charge in [-0.1, -0.05) is 37.3 Å². The molecule has 2 aromatic carbocycles. The number of nitrogens with one attached hydrogen (secondary N) is 1. The number of methoxy groups -OCH3 is 2. The molecule has 6 heteroatoms. The van der Waals surface area contributed by atoms with Gasteiger partial charge in [0, 0.05) is 0 Å². The van der Waals surface area contributed by atoms with Gasteiger partial charge in [0.25, 0.3) is 0 Å². The van der Waals surface area contributed by atoms with Crippen LogP contribution in [0.2, 0.25) is 0 Å². The molecule has 0 spiro atoms. The molecule has 0 saturated carbocycles. The van der Waals surface area contributed by atoms with Crippen molar-refractivity contribution < 1.29 is 23.7 Å². The number of rotatable bonds is 11. The lowest BCUT2D eigenvalue weighted by molar-refractivity contribution is -0.153. The minimum absolute atomic E-state index is 0.195. The van der Waals surface area contributed by atoms with Crippen molar-refractivity contribution in [2.75, 3.05) is 27.4 Å². The average molecular weight is 440 g/mol. The van der Waals surface area contributed by atoms with Crippen LogP contribution in [0.15, 0.2) is 55.1 Å². The number of carbonyl (C=O) groups excluding carboxylic acids is 1. The first kappa shape index (κ1) is 23.7. The molecular formula is C26H33NO5. The third-order valence-corrected chi connectivity index (χ3v) is 5.59. The normalized spacial score (nSPS) is 16.6. The van der Waals surface area contributed by atoms with Crippen LogP contribution in [0.3, 0.4) is 0 Å². The summed E-state index contributed by atoms with van der Waals surface area (Å²) in [4.78, 5) is 12.9. The zero-order valence-electron chi connectivity index (χ0n) is 19.0. The molecule has 1 saturated heterocycles. The van der Waals surface area contributed by atoms with Crippen LogP contribution in [0, 0.1) is 0 Å². The largest absolute Gasteiger partial charge is 0.493 e. The van der Waals surface area contributed by atoms with Gasteiger partial charge < -0.3 is 24.3 Å². The average Bonchev–Trinajstić information content (AvgIpc) is 2.85. The third kappa shape index (κ3) is 6.50. The molecular weight excluding hydrogens is 406 g/mol. The van der Waals surface area contributed by atoms with E-state index in [0.29, 0.717) is 30.9 Å². The summed E-state index contributed by atoms with van der Waals surface area (Å²) in [6, 6.07) is 13.3. The van der Waals surface area contributed by atoms with E-state index in [1.165, 1.54) is 0 Å². The van der Waals surface area contributed by atoms with Crippen molar-refractivity contribution in [2.45, 2.75) is 44.2 Å². The van der Waals surface area contributed by atoms with Crippen LogP contribution in [0.4, 0.5) is 0 Å². The van der Waals surface area contributed by atoms with E-state index < -0.39 is 0 Å². The van der Waals surface area contributed by atoms with E-state index in [0.717, 1.165) is 42.7 Å². The highest BCUT2D eigenvalue weighted by Gasteiger charge is 2.26. The van der Waals surface area contributed by atoms with Gasteiger partial charge in [-0.2, -0.15) is 0 Å². The Kier molecular flexibility index (Phi) is 8.99. The molecule has 172 valence electrons. The maximum atomic E-state index is 12.9. The molecule has 3 rings (SSSR count). The predicted molar refractivity (Wildman–Crippen MR) is 124 cm³/mol. The molecule has 0 aromatic heterocycles. The zero-order chi connectivity index (χ0) is 22.8. The summed E-state index contributed by atoms with van der Waals surface area (Å²) in [5, 5.41) is 3.28. The fourth-order valence-corrected chi connectivity index (χ4v) is 3.86. The van der Waals surface area contributed by atoms with E-state index in [-0.39, 0.29) is 18.1 Å². The van der Waals surface area contributed by atoms with E-state index in [1.54, 1.807) is 20.3 Å². The second-order valence-electron chi connectivity index (χ2n) is 7.83. The number of carbonyl (C=O) groups is 1. The lowest BCUT2D eigenvalue weighted by Crippen LogP contribution is -2.41. The third-order valence-electron chi connectivity index (χ3n) is 5.59. The van der Waals surface area contributed by atoms with Crippen LogP contribution in [-0.2, 0) is 16.0 Å². The lowest BCUT2D eigenvalue weighted by Gasteiger charge is -2.25. The highest BCUT2D eigenvalue weighted by atomic mass is 16.5. The molecule has 0 bridgehead atoms. The summed E-state index contributed by atoms with van der Waals surface area (Å²) in [6.45, 7) is 4.96. The minimum atomic E-state index is -0.383. The van der Waals surface area contributed by atoms with Crippen molar-refractivity contribution in [1.82, 2.24) is 5.32 Å². The highest BCUT2D eigenvalue weighted by Crippen LogP contribution is 2.31. The van der Waals surface area contributed by atoms with Gasteiger partial charge in [0.1, 0.15) is 24.5 Å². The zero-order valence-corrected chi connectivity index (χ0v) is 19.0. The van der Waals surface area contributed by atoms with Gasteiger partial charge in [-0.3, -0.25) is 4.79 Å². The molecule has 6 nitrogen and oxygen atoms in total. The van der Waals surface area contributed by atoms with Crippen molar-refractivity contribution >= 4 is 5.97 Å². The van der Waals surface area contributed by atoms with E-state index in [4.69, 9.17) is 18.9 Å². The maximum absolute atomic E-state index is 12.9. The van der Waals surface area contributed by atoms with Crippen LogP contribution in [0.1, 0.15) is 42.9 Å². The van der Waals surface area contributed by atoms with Crippen LogP contribution < -0.4 is 19.5 Å². The van der Waals surface area contributed by atoms with Gasteiger partial charge in [-0.15, -0.1) is 0 Å². The molecule has 2 aromatic rings. The number of aryl methyl sites for hydroxylation is 1. The van der Waals surface area contributed by atoms with Gasteiger partial charge in [0.05, 0.1) is 14.2 Å². The fraction of sp³-hybridized carbons (Fsp3) is 0.423. The number of esters is 1. The Morgan fingerprint density at radius 3 is 2.72 bits per heavy atom. The van der Waals surface area contributed by atoms with Crippen LogP contribution in [0.25, 0.3) is 0 Å². The van der Waals surface area contributed by atoms with Crippen molar-refractivity contribution in [2.24, 2.45) is 0 Å². The Labute approximate surface area is 190 Å². The molecule has 0 aliphatic carbocycles. The van der Waals surface area contributed by atoms with Crippen LogP contribution in [-0.4, -0.2) is 39.4 Å². The Morgan fingerprint density at radius 2 is 2.00 bits per heavy atom. The van der Waals surface area contributed by atoms with Gasteiger partial charge in [0.2, 0.25) is 0 Å². The van der Waals surface area contributed by atoms with E-state index in [9.17, 15) is 4.79 Å². The molecule has 1 fully saturated rings. The SMILES string of the molecule is C=CCOc1cccc([C@H](CCc2ccc(OC)c(OC)c2)OC(=O)[C@H]2CCCCN2)c1. The van der Waals surface area contributed by atoms with E-state index >= 15 is 0 Å². The molecule has 1 aliphatic rings. The smallest absolute Gasteiger partial charge is 0.323 e. The first-order valence-electron chi connectivity index (χ1n) is 11.1. The molecule has 0 radical (unpaired) electrons. The van der Waals surface area contributed by atoms with Gasteiger partial charge in [0.15, 0.2) is 11.5 Å². The Balaban J connectivity index is 1.77. The monoisotopic (exact) mass is 439 g/mol. The second kappa shape index (κ2) is 12.2. The van der Waals surface area contributed by atoms with Crippen molar-refractivity contribution in [3.63, 3.8) is 0 Å². The maximum Gasteiger partial charge on any atom is 0.323 e. The standard InChI is InChI=1S/C26H33NO5/c1-4-16-31-21-9-7-8-20(18-21)23(32-26(28)22-10-5-6-15-27-22)13-11-19-12-14-24(29-2)25(17-19)30-3/h4,7-9,12,14,17-18,22-23,27H,1,5-6,10-11,13,15-16H2,2-3H3/t22-,23+/m1/s1. The molecule has 0 unspecified atom stereocenters. The number of hydrogen-bond acceptors (Lipinski definition) is 6. The molecule has 1 aliphatic heterocycles. The first-order chi connectivity index (χ1) is 15.6. The molecule has 2 atom stereocenters. The number of piperidine rings is 1. The summed E-state index contributed by atoms with van der Waals surface area (Å²) < 4.78 is 22.5. The summed E-state index contributed by atoms with van der Waals surface area (Å²) in [5.41, 5.74) is 2.00. The van der Waals surface area contributed by atoms with Crippen LogP contribution in [0.5, 0.6) is 17.2 Å².